The molecule has 3 heterocycles. The summed E-state index contributed by atoms with van der Waals surface area (Å²) in [6, 6.07) is 18.4. The van der Waals surface area contributed by atoms with Crippen LogP contribution < -0.4 is 0 Å². The largest absolute Gasteiger partial charge is 0.334 e. The molecule has 0 bridgehead atoms. The third-order valence-corrected chi connectivity index (χ3v) is 6.49. The molecular weight excluding hydrogens is 443 g/mol. The Bertz CT molecular complexity index is 1020. The lowest BCUT2D eigenvalue weighted by atomic mass is 9.96. The highest BCUT2D eigenvalue weighted by atomic mass is 35.5. The van der Waals surface area contributed by atoms with Crippen molar-refractivity contribution in [2.45, 2.75) is 25.9 Å². The molecule has 2 aliphatic heterocycles. The van der Waals surface area contributed by atoms with E-state index in [1.54, 1.807) is 0 Å². The predicted molar refractivity (Wildman–Crippen MR) is 133 cm³/mol. The van der Waals surface area contributed by atoms with Gasteiger partial charge in [0, 0.05) is 49.7 Å². The van der Waals surface area contributed by atoms with E-state index >= 15 is 0 Å². The van der Waals surface area contributed by atoms with E-state index in [0.717, 1.165) is 69.1 Å². The monoisotopic (exact) mass is 472 g/mol. The predicted octanol–water partition coefficient (Wildman–Crippen LogP) is 4.76. The summed E-state index contributed by atoms with van der Waals surface area (Å²) in [5, 5.41) is 0. The van der Waals surface area contributed by atoms with Gasteiger partial charge in [-0.05, 0) is 43.5 Å². The van der Waals surface area contributed by atoms with Crippen molar-refractivity contribution in [2.24, 2.45) is 5.92 Å². The van der Waals surface area contributed by atoms with Crippen LogP contribution in [0.3, 0.4) is 0 Å². The summed E-state index contributed by atoms with van der Waals surface area (Å²) < 4.78 is 2.25. The number of piperidine rings is 1. The minimum absolute atomic E-state index is 0. The van der Waals surface area contributed by atoms with Gasteiger partial charge in [0.2, 0.25) is 0 Å². The zero-order valence-corrected chi connectivity index (χ0v) is 19.7. The second-order valence-corrected chi connectivity index (χ2v) is 8.44. The fourth-order valence-corrected chi connectivity index (χ4v) is 4.75. The van der Waals surface area contributed by atoms with E-state index in [-0.39, 0.29) is 30.7 Å². The minimum atomic E-state index is 0. The normalized spacial score (nSPS) is 16.4. The maximum atomic E-state index is 12.6. The number of fused-ring (bicyclic) bond motifs is 1. The summed E-state index contributed by atoms with van der Waals surface area (Å²) in [7, 11) is 0. The van der Waals surface area contributed by atoms with E-state index < -0.39 is 0 Å². The van der Waals surface area contributed by atoms with Crippen molar-refractivity contribution in [3.63, 3.8) is 0 Å². The van der Waals surface area contributed by atoms with Crippen LogP contribution in [0.1, 0.15) is 28.8 Å². The van der Waals surface area contributed by atoms with E-state index in [2.05, 4.69) is 51.0 Å². The molecule has 0 N–H and O–H groups in total. The fraction of sp³-hybridized carbons (Fsp3) is 0.360. The summed E-state index contributed by atoms with van der Waals surface area (Å²) in [5.41, 5.74) is 3.23. The first kappa shape index (κ1) is 24.3. The molecule has 3 aromatic rings. The third kappa shape index (κ3) is 5.17. The second-order valence-electron chi connectivity index (χ2n) is 8.44. The van der Waals surface area contributed by atoms with Crippen molar-refractivity contribution in [1.82, 2.24) is 19.4 Å². The molecule has 0 radical (unpaired) electrons. The third-order valence-electron chi connectivity index (χ3n) is 6.49. The highest BCUT2D eigenvalue weighted by Crippen LogP contribution is 2.26. The highest BCUT2D eigenvalue weighted by Gasteiger charge is 2.30. The van der Waals surface area contributed by atoms with Crippen LogP contribution in [0.4, 0.5) is 0 Å². The summed E-state index contributed by atoms with van der Waals surface area (Å²) >= 11 is 0. The second kappa shape index (κ2) is 11.0. The number of imidazole rings is 1. The number of aromatic nitrogens is 2. The molecule has 0 atom stereocenters. The molecule has 0 aliphatic carbocycles. The van der Waals surface area contributed by atoms with Gasteiger partial charge in [-0.1, -0.05) is 48.5 Å². The van der Waals surface area contributed by atoms with Crippen molar-refractivity contribution in [2.75, 3.05) is 26.2 Å². The van der Waals surface area contributed by atoms with Crippen molar-refractivity contribution >= 4 is 30.7 Å². The quantitative estimate of drug-likeness (QED) is 0.519. The topological polar surface area (TPSA) is 41.4 Å². The molecule has 0 unspecified atom stereocenters. The number of carbonyl (C=O) groups excluding carboxylic acids is 1. The lowest BCUT2D eigenvalue weighted by molar-refractivity contribution is 0.0713. The number of hydrogen-bond donors (Lipinski definition) is 0. The Morgan fingerprint density at radius 2 is 1.62 bits per heavy atom. The Labute approximate surface area is 202 Å². The van der Waals surface area contributed by atoms with Gasteiger partial charge >= 0.3 is 0 Å². The standard InChI is InChI=1S/C25H28N4O.2ClH/c30-25-23-9-5-4-8-22(23)19-29(25)18-20-10-13-27(14-11-20)16-17-28-15-12-26-24(28)21-6-2-1-3-7-21;;/h1-9,12,15,20H,10-11,13-14,16-19H2;2*1H. The van der Waals surface area contributed by atoms with Crippen molar-refractivity contribution in [3.05, 3.63) is 78.1 Å². The van der Waals surface area contributed by atoms with E-state index in [0.29, 0.717) is 5.92 Å². The van der Waals surface area contributed by atoms with Crippen LogP contribution in [-0.2, 0) is 13.1 Å². The van der Waals surface area contributed by atoms with Crippen LogP contribution >= 0.6 is 24.8 Å². The number of benzene rings is 2. The SMILES string of the molecule is Cl.Cl.O=C1c2ccccc2CN1CC1CCN(CCn2ccnc2-c2ccccc2)CC1. The van der Waals surface area contributed by atoms with Gasteiger partial charge in [-0.25, -0.2) is 4.98 Å². The van der Waals surface area contributed by atoms with Gasteiger partial charge in [0.15, 0.2) is 0 Å². The number of nitrogens with zero attached hydrogens (tertiary/aromatic N) is 4. The van der Waals surface area contributed by atoms with Gasteiger partial charge in [-0.15, -0.1) is 24.8 Å². The van der Waals surface area contributed by atoms with Crippen LogP contribution in [0.2, 0.25) is 0 Å². The van der Waals surface area contributed by atoms with Gasteiger partial charge in [0.25, 0.3) is 5.91 Å². The number of rotatable bonds is 6. The fourth-order valence-electron chi connectivity index (χ4n) is 4.75. The van der Waals surface area contributed by atoms with Crippen molar-refractivity contribution in [1.29, 1.82) is 0 Å². The van der Waals surface area contributed by atoms with Gasteiger partial charge in [0.1, 0.15) is 5.82 Å². The Balaban J connectivity index is 0.00000144. The molecule has 2 aliphatic rings. The number of likely N-dealkylation sites (tertiary alicyclic amines) is 1. The lowest BCUT2D eigenvalue weighted by Gasteiger charge is -2.34. The molecule has 32 heavy (non-hydrogen) atoms. The summed E-state index contributed by atoms with van der Waals surface area (Å²) in [6.07, 6.45) is 6.29. The Morgan fingerprint density at radius 1 is 0.906 bits per heavy atom. The van der Waals surface area contributed by atoms with Crippen LogP contribution in [0.5, 0.6) is 0 Å². The van der Waals surface area contributed by atoms with Gasteiger partial charge in [-0.3, -0.25) is 4.79 Å². The molecule has 5 rings (SSSR count). The average molecular weight is 473 g/mol. The highest BCUT2D eigenvalue weighted by molar-refractivity contribution is 5.98. The smallest absolute Gasteiger partial charge is 0.254 e. The number of amides is 1. The van der Waals surface area contributed by atoms with Crippen LogP contribution in [0.15, 0.2) is 67.0 Å². The minimum Gasteiger partial charge on any atom is -0.334 e. The first-order valence-electron chi connectivity index (χ1n) is 10.9. The molecular formula is C25H30Cl2N4O. The molecule has 2 aromatic carbocycles. The molecule has 0 spiro atoms. The first-order valence-corrected chi connectivity index (χ1v) is 10.9. The Hall–Kier alpha value is -2.34. The van der Waals surface area contributed by atoms with E-state index in [9.17, 15) is 4.79 Å². The molecule has 0 saturated carbocycles. The van der Waals surface area contributed by atoms with Gasteiger partial charge < -0.3 is 14.4 Å². The Morgan fingerprint density at radius 3 is 2.38 bits per heavy atom. The Kier molecular flexibility index (Phi) is 8.35. The zero-order chi connectivity index (χ0) is 20.3. The molecule has 5 nitrogen and oxygen atoms in total. The van der Waals surface area contributed by atoms with Crippen LogP contribution in [0.25, 0.3) is 11.4 Å². The summed E-state index contributed by atoms with van der Waals surface area (Å²) in [5.74, 6) is 1.85. The van der Waals surface area contributed by atoms with Crippen LogP contribution in [-0.4, -0.2) is 51.4 Å². The number of hydrogen-bond acceptors (Lipinski definition) is 3. The molecule has 7 heteroatoms. The van der Waals surface area contributed by atoms with E-state index in [4.69, 9.17) is 0 Å². The van der Waals surface area contributed by atoms with Gasteiger partial charge in [-0.2, -0.15) is 0 Å². The first-order chi connectivity index (χ1) is 14.8. The molecule has 1 amide bonds. The van der Waals surface area contributed by atoms with E-state index in [1.165, 1.54) is 5.56 Å². The number of carbonyl (C=O) groups is 1. The molecule has 1 aromatic heterocycles. The van der Waals surface area contributed by atoms with Crippen molar-refractivity contribution < 1.29 is 4.79 Å². The maximum Gasteiger partial charge on any atom is 0.254 e. The van der Waals surface area contributed by atoms with Crippen molar-refractivity contribution in [3.8, 4) is 11.4 Å². The molecule has 1 fully saturated rings. The summed E-state index contributed by atoms with van der Waals surface area (Å²) in [4.78, 5) is 21.8. The molecule has 170 valence electrons. The van der Waals surface area contributed by atoms with E-state index in [1.807, 2.05) is 35.4 Å². The number of halogens is 2. The van der Waals surface area contributed by atoms with Crippen LogP contribution in [0, 0.1) is 5.92 Å². The molecule has 1 saturated heterocycles. The maximum absolute atomic E-state index is 12.6. The van der Waals surface area contributed by atoms with Gasteiger partial charge in [0.05, 0.1) is 0 Å². The zero-order valence-electron chi connectivity index (χ0n) is 18.1. The average Bonchev–Trinajstić information content (AvgIpc) is 3.39. The summed E-state index contributed by atoms with van der Waals surface area (Å²) in [6.45, 7) is 5.87. The lowest BCUT2D eigenvalue weighted by Crippen LogP contribution is -2.40.